The van der Waals surface area contributed by atoms with E-state index in [9.17, 15) is 14.7 Å². The normalized spacial score (nSPS) is 15.9. The first-order valence-corrected chi connectivity index (χ1v) is 11.2. The number of amides is 1. The second kappa shape index (κ2) is 9.36. The molecule has 170 valence electrons. The zero-order valence-corrected chi connectivity index (χ0v) is 19.2. The second-order valence-corrected chi connectivity index (χ2v) is 8.69. The maximum Gasteiger partial charge on any atom is 0.335 e. The molecule has 6 heteroatoms. The molecule has 1 atom stereocenters. The maximum atomic E-state index is 12.9. The van der Waals surface area contributed by atoms with Crippen LogP contribution in [0.15, 0.2) is 66.7 Å². The van der Waals surface area contributed by atoms with Crippen molar-refractivity contribution in [3.8, 4) is 0 Å². The number of hydrogen-bond acceptors (Lipinski definition) is 4. The van der Waals surface area contributed by atoms with Gasteiger partial charge in [0.25, 0.3) is 5.91 Å². The summed E-state index contributed by atoms with van der Waals surface area (Å²) in [6.07, 6.45) is 0. The van der Waals surface area contributed by atoms with E-state index >= 15 is 0 Å². The molecule has 33 heavy (non-hydrogen) atoms. The van der Waals surface area contributed by atoms with Crippen LogP contribution in [-0.2, 0) is 0 Å². The van der Waals surface area contributed by atoms with E-state index in [-0.39, 0.29) is 17.5 Å². The van der Waals surface area contributed by atoms with E-state index < -0.39 is 5.97 Å². The molecule has 3 aromatic carbocycles. The average Bonchev–Trinajstić information content (AvgIpc) is 2.79. The fourth-order valence-corrected chi connectivity index (χ4v) is 4.39. The Bertz CT molecular complexity index is 1190. The van der Waals surface area contributed by atoms with Gasteiger partial charge in [0, 0.05) is 36.9 Å². The maximum absolute atomic E-state index is 12.9. The Balaban J connectivity index is 1.59. The van der Waals surface area contributed by atoms with Crippen molar-refractivity contribution in [2.45, 2.75) is 26.8 Å². The number of aryl methyl sites for hydroxylation is 2. The minimum atomic E-state index is -1.02. The number of rotatable bonds is 5. The van der Waals surface area contributed by atoms with E-state index in [2.05, 4.69) is 53.2 Å². The average molecular weight is 444 g/mol. The number of benzene rings is 3. The largest absolute Gasteiger partial charge is 0.478 e. The van der Waals surface area contributed by atoms with Gasteiger partial charge in [0.05, 0.1) is 16.9 Å². The molecule has 6 nitrogen and oxygen atoms in total. The molecule has 1 heterocycles. The molecule has 1 fully saturated rings. The molecule has 0 saturated carbocycles. The third kappa shape index (κ3) is 5.00. The number of carboxylic acid groups (broad SMARTS) is 1. The molecule has 1 amide bonds. The molecule has 0 bridgehead atoms. The summed E-state index contributed by atoms with van der Waals surface area (Å²) in [4.78, 5) is 29.1. The van der Waals surface area contributed by atoms with Gasteiger partial charge in [-0.15, -0.1) is 0 Å². The van der Waals surface area contributed by atoms with Gasteiger partial charge in [-0.2, -0.15) is 0 Å². The SMILES string of the molecule is Cc1cccc(C(=O)Nc2cc(C(=O)O)ccc2N2CCN(c3cccc(C)c3)[C@H](C)C2)c1. The van der Waals surface area contributed by atoms with Gasteiger partial charge >= 0.3 is 5.97 Å². The summed E-state index contributed by atoms with van der Waals surface area (Å²) >= 11 is 0. The molecule has 0 aromatic heterocycles. The third-order valence-electron chi connectivity index (χ3n) is 6.07. The summed E-state index contributed by atoms with van der Waals surface area (Å²) < 4.78 is 0. The molecular formula is C27H29N3O3. The van der Waals surface area contributed by atoms with Crippen molar-refractivity contribution in [1.82, 2.24) is 0 Å². The highest BCUT2D eigenvalue weighted by atomic mass is 16.4. The Hall–Kier alpha value is -3.80. The minimum Gasteiger partial charge on any atom is -0.478 e. The van der Waals surface area contributed by atoms with Crippen LogP contribution < -0.4 is 15.1 Å². The van der Waals surface area contributed by atoms with Gasteiger partial charge in [0.15, 0.2) is 0 Å². The minimum absolute atomic E-state index is 0.143. The van der Waals surface area contributed by atoms with Gasteiger partial charge in [-0.3, -0.25) is 4.79 Å². The van der Waals surface area contributed by atoms with E-state index in [4.69, 9.17) is 0 Å². The zero-order valence-electron chi connectivity index (χ0n) is 19.2. The number of hydrogen-bond donors (Lipinski definition) is 2. The van der Waals surface area contributed by atoms with Crippen molar-refractivity contribution >= 4 is 28.9 Å². The van der Waals surface area contributed by atoms with Crippen LogP contribution in [0.2, 0.25) is 0 Å². The molecule has 1 aliphatic heterocycles. The molecule has 3 aromatic rings. The van der Waals surface area contributed by atoms with Crippen LogP contribution in [0.3, 0.4) is 0 Å². The van der Waals surface area contributed by atoms with Crippen molar-refractivity contribution in [1.29, 1.82) is 0 Å². The standard InChI is InChI=1S/C27H29N3O3/c1-18-6-4-8-21(14-18)26(31)28-24-16-22(27(32)33)10-11-25(24)29-12-13-30(20(3)17-29)23-9-5-7-19(2)15-23/h4-11,14-16,20H,12-13,17H2,1-3H3,(H,28,31)(H,32,33)/t20-/m1/s1. The quantitative estimate of drug-likeness (QED) is 0.583. The highest BCUT2D eigenvalue weighted by molar-refractivity contribution is 6.07. The number of carboxylic acids is 1. The first kappa shape index (κ1) is 22.4. The lowest BCUT2D eigenvalue weighted by Gasteiger charge is -2.43. The lowest BCUT2D eigenvalue weighted by molar-refractivity contribution is 0.0696. The van der Waals surface area contributed by atoms with Crippen LogP contribution in [0.25, 0.3) is 0 Å². The topological polar surface area (TPSA) is 72.9 Å². The number of aromatic carboxylic acids is 1. The molecule has 0 radical (unpaired) electrons. The van der Waals surface area contributed by atoms with Crippen LogP contribution >= 0.6 is 0 Å². The van der Waals surface area contributed by atoms with Gasteiger partial charge in [-0.05, 0) is 68.8 Å². The number of piperazine rings is 1. The number of carbonyl (C=O) groups is 2. The van der Waals surface area contributed by atoms with Crippen molar-refractivity contribution in [2.75, 3.05) is 34.8 Å². The number of anilines is 3. The van der Waals surface area contributed by atoms with Crippen LogP contribution in [0.5, 0.6) is 0 Å². The van der Waals surface area contributed by atoms with E-state index in [1.807, 2.05) is 25.1 Å². The predicted molar refractivity (Wildman–Crippen MR) is 133 cm³/mol. The van der Waals surface area contributed by atoms with Crippen LogP contribution in [0, 0.1) is 13.8 Å². The first-order valence-electron chi connectivity index (χ1n) is 11.2. The molecule has 1 saturated heterocycles. The lowest BCUT2D eigenvalue weighted by Crippen LogP contribution is -2.52. The molecule has 0 unspecified atom stereocenters. The Kier molecular flexibility index (Phi) is 6.36. The molecule has 0 aliphatic carbocycles. The van der Waals surface area contributed by atoms with Gasteiger partial charge in [0.1, 0.15) is 0 Å². The second-order valence-electron chi connectivity index (χ2n) is 8.69. The number of nitrogens with one attached hydrogen (secondary N) is 1. The fraction of sp³-hybridized carbons (Fsp3) is 0.259. The highest BCUT2D eigenvalue weighted by Crippen LogP contribution is 2.31. The van der Waals surface area contributed by atoms with Gasteiger partial charge in [-0.1, -0.05) is 29.8 Å². The number of nitrogens with zero attached hydrogens (tertiary/aromatic N) is 2. The fourth-order valence-electron chi connectivity index (χ4n) is 4.39. The van der Waals surface area contributed by atoms with Gasteiger partial charge in [-0.25, -0.2) is 4.79 Å². The summed E-state index contributed by atoms with van der Waals surface area (Å²) in [5, 5.41) is 12.4. The van der Waals surface area contributed by atoms with Crippen molar-refractivity contribution in [2.24, 2.45) is 0 Å². The van der Waals surface area contributed by atoms with Gasteiger partial charge in [0.2, 0.25) is 0 Å². The van der Waals surface area contributed by atoms with Crippen LogP contribution in [0.4, 0.5) is 17.1 Å². The lowest BCUT2D eigenvalue weighted by atomic mass is 10.1. The Morgan fingerprint density at radius 1 is 0.909 bits per heavy atom. The van der Waals surface area contributed by atoms with Crippen molar-refractivity contribution in [3.05, 3.63) is 89.0 Å². The Morgan fingerprint density at radius 2 is 1.64 bits per heavy atom. The van der Waals surface area contributed by atoms with Crippen molar-refractivity contribution in [3.63, 3.8) is 0 Å². The first-order chi connectivity index (χ1) is 15.8. The van der Waals surface area contributed by atoms with E-state index in [1.54, 1.807) is 24.3 Å². The zero-order chi connectivity index (χ0) is 23.5. The molecule has 0 spiro atoms. The van der Waals surface area contributed by atoms with Crippen LogP contribution in [0.1, 0.15) is 38.8 Å². The summed E-state index contributed by atoms with van der Waals surface area (Å²) in [5.74, 6) is -1.28. The summed E-state index contributed by atoms with van der Waals surface area (Å²) in [7, 11) is 0. The molecule has 4 rings (SSSR count). The Morgan fingerprint density at radius 3 is 2.30 bits per heavy atom. The highest BCUT2D eigenvalue weighted by Gasteiger charge is 2.26. The van der Waals surface area contributed by atoms with E-state index in [1.165, 1.54) is 11.3 Å². The molecule has 2 N–H and O–H groups in total. The van der Waals surface area contributed by atoms with Gasteiger partial charge < -0.3 is 20.2 Å². The van der Waals surface area contributed by atoms with E-state index in [0.717, 1.165) is 30.9 Å². The van der Waals surface area contributed by atoms with Crippen LogP contribution in [-0.4, -0.2) is 42.7 Å². The number of carbonyl (C=O) groups excluding carboxylic acids is 1. The third-order valence-corrected chi connectivity index (χ3v) is 6.07. The summed E-state index contributed by atoms with van der Waals surface area (Å²) in [5.41, 5.74) is 5.45. The molecular weight excluding hydrogens is 414 g/mol. The van der Waals surface area contributed by atoms with Crippen molar-refractivity contribution < 1.29 is 14.7 Å². The Labute approximate surface area is 194 Å². The smallest absolute Gasteiger partial charge is 0.335 e. The summed E-state index contributed by atoms with van der Waals surface area (Å²) in [6.45, 7) is 8.56. The summed E-state index contributed by atoms with van der Waals surface area (Å²) in [6, 6.07) is 21.0. The predicted octanol–water partition coefficient (Wildman–Crippen LogP) is 4.97. The monoisotopic (exact) mass is 443 g/mol. The molecule has 1 aliphatic rings. The van der Waals surface area contributed by atoms with E-state index in [0.29, 0.717) is 11.3 Å².